The zero-order valence-corrected chi connectivity index (χ0v) is 58.6. The smallest absolute Gasteiger partial charge is 0.310 e. The van der Waals surface area contributed by atoms with Crippen LogP contribution in [-0.4, -0.2) is 78.6 Å². The number of amides is 4. The molecule has 512 valence electrons. The second-order valence-corrected chi connectivity index (χ2v) is 26.5. The molecule has 5 rings (SSSR count). The first-order valence-electron chi connectivity index (χ1n) is 36.5. The number of aromatic amines is 2. The van der Waals surface area contributed by atoms with Crippen molar-refractivity contribution in [1.29, 1.82) is 0 Å². The van der Waals surface area contributed by atoms with Gasteiger partial charge < -0.3 is 46.6 Å². The molecule has 2 aromatic heterocycles. The number of carbonyl (C=O) groups excluding carboxylic acids is 6. The fraction of sp³-hybridized carbons (Fsp3) is 0.662. The molecule has 2 aromatic rings. The van der Waals surface area contributed by atoms with Crippen LogP contribution in [0.3, 0.4) is 0 Å². The third-order valence-electron chi connectivity index (χ3n) is 19.2. The third-order valence-corrected chi connectivity index (χ3v) is 19.2. The van der Waals surface area contributed by atoms with Gasteiger partial charge in [-0.1, -0.05) is 162 Å². The third kappa shape index (κ3) is 25.8. The van der Waals surface area contributed by atoms with E-state index in [1.165, 1.54) is 123 Å². The highest BCUT2D eigenvalue weighted by Crippen LogP contribution is 2.44. The number of ether oxygens (including phenoxy) is 1. The van der Waals surface area contributed by atoms with Crippen LogP contribution in [0.1, 0.15) is 314 Å². The first-order valence-corrected chi connectivity index (χ1v) is 36.5. The lowest BCUT2D eigenvalue weighted by Crippen LogP contribution is -2.30. The average molecular weight is 1270 g/mol. The quantitative estimate of drug-likeness (QED) is 0.0137. The summed E-state index contributed by atoms with van der Waals surface area (Å²) >= 11 is 0. The summed E-state index contributed by atoms with van der Waals surface area (Å²) in [5.74, 6) is -1.27. The summed E-state index contributed by atoms with van der Waals surface area (Å²) in [6.07, 6.45) is 50.3. The molecule has 5 heterocycles. The summed E-state index contributed by atoms with van der Waals surface area (Å²) in [4.78, 5) is 88.7. The SMILES string of the molecule is CCCCCCCCC=CCCCCCCCC(=O)NCCCNC(=O)CC[C@@H]1C2=C(CC(=O)OC)c3[nH]c(c(C)c3C(=O)NCCCNC(=O)CCCCCCCC=CCCCCCCCC)C=C3NC(=Cc4[nH]c(c(C)c4C(C)=O)C=C(N2)[C@H]1C)[C@H](C)[C@H]3CC. The molecule has 0 saturated carbocycles. The lowest BCUT2D eigenvalue weighted by atomic mass is 9.85. The minimum Gasteiger partial charge on any atom is -0.469 e. The van der Waals surface area contributed by atoms with Crippen LogP contribution in [0.2, 0.25) is 0 Å². The molecule has 15 heteroatoms. The average Bonchev–Trinajstić information content (AvgIpc) is 1.61. The molecule has 0 spiro atoms. The normalized spacial score (nSPS) is 16.9. The zero-order valence-electron chi connectivity index (χ0n) is 58.6. The molecule has 0 radical (unpaired) electrons. The van der Waals surface area contributed by atoms with Crippen LogP contribution in [-0.2, 0) is 23.9 Å². The predicted octanol–water partition coefficient (Wildman–Crippen LogP) is 17.0. The highest BCUT2D eigenvalue weighted by molar-refractivity contribution is 6.03. The molecule has 92 heavy (non-hydrogen) atoms. The Morgan fingerprint density at radius 3 is 1.40 bits per heavy atom. The number of allylic oxidation sites excluding steroid dienone is 8. The van der Waals surface area contributed by atoms with Crippen molar-refractivity contribution in [2.24, 2.45) is 23.7 Å². The Bertz CT molecular complexity index is 2830. The van der Waals surface area contributed by atoms with Crippen LogP contribution >= 0.6 is 0 Å². The molecule has 3 aliphatic heterocycles. The Labute approximate surface area is 554 Å². The van der Waals surface area contributed by atoms with E-state index in [1.807, 2.05) is 19.9 Å². The molecule has 0 aromatic carbocycles. The number of rotatable bonds is 46. The monoisotopic (exact) mass is 1270 g/mol. The van der Waals surface area contributed by atoms with Gasteiger partial charge in [0.25, 0.3) is 5.91 Å². The van der Waals surface area contributed by atoms with Crippen molar-refractivity contribution >= 4 is 59.2 Å². The van der Waals surface area contributed by atoms with Crippen LogP contribution < -0.4 is 31.9 Å². The summed E-state index contributed by atoms with van der Waals surface area (Å²) in [6.45, 7) is 18.0. The van der Waals surface area contributed by atoms with Gasteiger partial charge in [0.15, 0.2) is 5.78 Å². The maximum Gasteiger partial charge on any atom is 0.310 e. The van der Waals surface area contributed by atoms with E-state index in [0.717, 1.165) is 86.1 Å². The van der Waals surface area contributed by atoms with Crippen LogP contribution in [0.5, 0.6) is 0 Å². The number of methoxy groups -OCH3 is 1. The summed E-state index contributed by atoms with van der Waals surface area (Å²) < 4.78 is 5.39. The van der Waals surface area contributed by atoms with E-state index in [1.54, 1.807) is 6.92 Å². The molecule has 15 nitrogen and oxygen atoms in total. The van der Waals surface area contributed by atoms with Gasteiger partial charge in [-0.15, -0.1) is 0 Å². The zero-order chi connectivity index (χ0) is 66.5. The van der Waals surface area contributed by atoms with E-state index in [-0.39, 0.29) is 65.9 Å². The van der Waals surface area contributed by atoms with Gasteiger partial charge in [-0.2, -0.15) is 0 Å². The van der Waals surface area contributed by atoms with Gasteiger partial charge >= 0.3 is 5.97 Å². The molecule has 0 aliphatic carbocycles. The summed E-state index contributed by atoms with van der Waals surface area (Å²) in [7, 11) is 1.36. The second-order valence-electron chi connectivity index (χ2n) is 26.5. The highest BCUT2D eigenvalue weighted by atomic mass is 16.5. The van der Waals surface area contributed by atoms with Gasteiger partial charge in [0.2, 0.25) is 17.7 Å². The standard InChI is InChI=1S/C77H122N8O7/c1-10-13-15-17-19-21-23-25-27-29-31-33-35-37-39-43-69(87)78-47-41-48-80-71(89)46-45-61-56(5)64-52-65-57(6)73(59(8)86)68(83-65)54-63-55(4)60(12-3)67(82-63)53-66-58(7)74(76(85-66)62(75(61)84-64)51-72(90)92-9)77(91)81-50-42-49-79-70(88)44-40-38-36-34-32-30-28-26-24-22-20-18-16-14-11-2/h25-28,52-56,60-61,82-85H,10-24,29-51H2,1-9H3,(H,78,87)(H,79,88)(H,80,89)(H,81,91)/t55-,56+,60-,61+/m1/s1. The van der Waals surface area contributed by atoms with Gasteiger partial charge in [0, 0.05) is 114 Å². The van der Waals surface area contributed by atoms with Crippen molar-refractivity contribution < 1.29 is 33.5 Å². The highest BCUT2D eigenvalue weighted by Gasteiger charge is 2.39. The van der Waals surface area contributed by atoms with Gasteiger partial charge in [-0.3, -0.25) is 28.8 Å². The fourth-order valence-corrected chi connectivity index (χ4v) is 13.5. The Hall–Kier alpha value is -6.38. The molecular weight excluding hydrogens is 1150 g/mol. The summed E-state index contributed by atoms with van der Waals surface area (Å²) in [5.41, 5.74) is 9.20. The molecule has 8 bridgehead atoms. The van der Waals surface area contributed by atoms with Crippen molar-refractivity contribution in [3.8, 4) is 0 Å². The number of H-pyrrole nitrogens is 2. The maximum atomic E-state index is 14.9. The van der Waals surface area contributed by atoms with E-state index >= 15 is 0 Å². The van der Waals surface area contributed by atoms with Crippen molar-refractivity contribution in [2.45, 2.75) is 274 Å². The van der Waals surface area contributed by atoms with E-state index in [2.05, 4.69) is 113 Å². The minimum atomic E-state index is -0.496. The number of carbonyl (C=O) groups is 6. The summed E-state index contributed by atoms with van der Waals surface area (Å²) in [5, 5.41) is 19.8. The van der Waals surface area contributed by atoms with Crippen molar-refractivity contribution in [3.05, 3.63) is 92.1 Å². The van der Waals surface area contributed by atoms with E-state index < -0.39 is 5.97 Å². The molecule has 3 aliphatic rings. The molecule has 2 fully saturated rings. The van der Waals surface area contributed by atoms with Gasteiger partial charge in [-0.05, 0) is 140 Å². The number of nitrogens with one attached hydrogen (secondary N) is 8. The molecular formula is C77H122N8O7. The fourth-order valence-electron chi connectivity index (χ4n) is 13.5. The van der Waals surface area contributed by atoms with E-state index in [9.17, 15) is 28.8 Å². The Morgan fingerprint density at radius 1 is 0.478 bits per heavy atom. The van der Waals surface area contributed by atoms with E-state index in [4.69, 9.17) is 4.74 Å². The number of ketones is 1. The van der Waals surface area contributed by atoms with Crippen LogP contribution in [0.4, 0.5) is 0 Å². The van der Waals surface area contributed by atoms with Gasteiger partial charge in [0.1, 0.15) is 0 Å². The lowest BCUT2D eigenvalue weighted by molar-refractivity contribution is -0.139. The first-order chi connectivity index (χ1) is 44.6. The lowest BCUT2D eigenvalue weighted by Gasteiger charge is -2.20. The second kappa shape index (κ2) is 43.5. The van der Waals surface area contributed by atoms with Crippen LogP contribution in [0.25, 0.3) is 23.8 Å². The maximum absolute atomic E-state index is 14.9. The number of hydrogen-bond donors (Lipinski definition) is 8. The van der Waals surface area contributed by atoms with E-state index in [0.29, 0.717) is 103 Å². The molecule has 8 N–H and O–H groups in total. The predicted molar refractivity (Wildman–Crippen MR) is 379 cm³/mol. The number of unbranched alkanes of at least 4 members (excludes halogenated alkanes) is 22. The minimum absolute atomic E-state index is 0.0210. The number of Topliss-reactive ketones (excluding diaryl/α,β-unsaturated/α-hetero) is 1. The molecule has 2 saturated heterocycles. The number of aromatic nitrogens is 2. The largest absolute Gasteiger partial charge is 0.469 e. The molecule has 4 atom stereocenters. The number of esters is 1. The number of hydrogen-bond acceptors (Lipinski definition) is 9. The molecule has 0 unspecified atom stereocenters. The topological polar surface area (TPSA) is 215 Å². The Balaban J connectivity index is 1.24. The summed E-state index contributed by atoms with van der Waals surface area (Å²) in [6, 6.07) is 0. The Kier molecular flexibility index (Phi) is 36.1. The number of fused-ring (bicyclic) bond motifs is 8. The van der Waals surface area contributed by atoms with Crippen LogP contribution in [0.15, 0.2) is 47.1 Å². The van der Waals surface area contributed by atoms with Crippen molar-refractivity contribution in [3.63, 3.8) is 0 Å². The molecule has 4 amide bonds. The van der Waals surface area contributed by atoms with Crippen molar-refractivity contribution in [2.75, 3.05) is 33.3 Å². The first kappa shape index (κ1) is 76.3. The Morgan fingerprint density at radius 2 is 0.902 bits per heavy atom. The van der Waals surface area contributed by atoms with Gasteiger partial charge in [0.05, 0.1) is 30.5 Å². The van der Waals surface area contributed by atoms with Gasteiger partial charge in [-0.25, -0.2) is 0 Å². The van der Waals surface area contributed by atoms with Crippen molar-refractivity contribution in [1.82, 2.24) is 41.9 Å². The van der Waals surface area contributed by atoms with Crippen LogP contribution in [0, 0.1) is 37.5 Å².